The van der Waals surface area contributed by atoms with Crippen molar-refractivity contribution in [2.75, 3.05) is 0 Å². The minimum absolute atomic E-state index is 0.0950. The molecule has 0 radical (unpaired) electrons. The molecule has 2 rings (SSSR count). The van der Waals surface area contributed by atoms with Crippen LogP contribution >= 0.6 is 0 Å². The van der Waals surface area contributed by atoms with Gasteiger partial charge in [-0.25, -0.2) is 4.79 Å². The number of carbonyl (C=O) groups excluding carboxylic acids is 1. The molecule has 1 aromatic carbocycles. The van der Waals surface area contributed by atoms with Crippen LogP contribution in [0.4, 0.5) is 0 Å². The fraction of sp³-hybridized carbons (Fsp3) is 0.389. The molecule has 2 atom stereocenters. The summed E-state index contributed by atoms with van der Waals surface area (Å²) in [5.41, 5.74) is 2.52. The Labute approximate surface area is 140 Å². The first kappa shape index (κ1) is 17.7. The van der Waals surface area contributed by atoms with Gasteiger partial charge < -0.3 is 14.9 Å². The lowest BCUT2D eigenvalue weighted by Crippen LogP contribution is -2.42. The van der Waals surface area contributed by atoms with Crippen LogP contribution in [-0.4, -0.2) is 28.2 Å². The highest BCUT2D eigenvalue weighted by Gasteiger charge is 2.24. The summed E-state index contributed by atoms with van der Waals surface area (Å²) >= 11 is 0. The number of hydrogen-bond acceptors (Lipinski definition) is 4. The Morgan fingerprint density at radius 1 is 1.25 bits per heavy atom. The quantitative estimate of drug-likeness (QED) is 0.814. The zero-order valence-corrected chi connectivity index (χ0v) is 14.1. The Kier molecular flexibility index (Phi) is 5.73. The molecular weight excluding hydrogens is 308 g/mol. The molecule has 24 heavy (non-hydrogen) atoms. The third-order valence-electron chi connectivity index (χ3n) is 3.99. The van der Waals surface area contributed by atoms with E-state index in [2.05, 4.69) is 10.5 Å². The van der Waals surface area contributed by atoms with E-state index in [4.69, 9.17) is 4.52 Å². The van der Waals surface area contributed by atoms with Gasteiger partial charge in [-0.05, 0) is 25.3 Å². The van der Waals surface area contributed by atoms with Crippen molar-refractivity contribution in [3.63, 3.8) is 0 Å². The maximum Gasteiger partial charge on any atom is 0.326 e. The van der Waals surface area contributed by atoms with Gasteiger partial charge in [0, 0.05) is 18.4 Å². The Hall–Kier alpha value is -2.63. The third kappa shape index (κ3) is 4.44. The number of carboxylic acid groups (broad SMARTS) is 1. The first-order valence-corrected chi connectivity index (χ1v) is 7.87. The summed E-state index contributed by atoms with van der Waals surface area (Å²) in [6.07, 6.45) is 0.434. The summed E-state index contributed by atoms with van der Waals surface area (Å²) in [4.78, 5) is 23.7. The maximum atomic E-state index is 12.3. The van der Waals surface area contributed by atoms with Gasteiger partial charge in [-0.15, -0.1) is 0 Å². The van der Waals surface area contributed by atoms with E-state index in [0.29, 0.717) is 5.76 Å². The molecule has 0 aliphatic rings. The second kappa shape index (κ2) is 7.77. The summed E-state index contributed by atoms with van der Waals surface area (Å²) < 4.78 is 5.12. The van der Waals surface area contributed by atoms with Gasteiger partial charge in [-0.2, -0.15) is 0 Å². The number of rotatable bonds is 7. The molecule has 0 aliphatic carbocycles. The van der Waals surface area contributed by atoms with Crippen molar-refractivity contribution in [3.8, 4) is 0 Å². The van der Waals surface area contributed by atoms with Crippen molar-refractivity contribution in [2.24, 2.45) is 0 Å². The predicted octanol–water partition coefficient (Wildman–Crippen LogP) is 2.60. The van der Waals surface area contributed by atoms with Crippen LogP contribution in [-0.2, 0) is 16.0 Å². The molecule has 0 bridgehead atoms. The molecule has 2 N–H and O–H groups in total. The van der Waals surface area contributed by atoms with Gasteiger partial charge in [-0.3, -0.25) is 4.79 Å². The number of benzene rings is 1. The molecule has 6 nitrogen and oxygen atoms in total. The molecule has 0 spiro atoms. The second-order valence-corrected chi connectivity index (χ2v) is 5.99. The molecule has 2 aromatic rings. The smallest absolute Gasteiger partial charge is 0.326 e. The number of carboxylic acids is 1. The molecule has 1 aromatic heterocycles. The second-order valence-electron chi connectivity index (χ2n) is 5.99. The fourth-order valence-electron chi connectivity index (χ4n) is 2.88. The monoisotopic (exact) mass is 330 g/mol. The largest absolute Gasteiger partial charge is 0.480 e. The van der Waals surface area contributed by atoms with E-state index < -0.39 is 12.0 Å². The van der Waals surface area contributed by atoms with Crippen LogP contribution in [0.5, 0.6) is 0 Å². The van der Waals surface area contributed by atoms with E-state index in [1.54, 1.807) is 6.92 Å². The number of nitrogens with zero attached hydrogens (tertiary/aromatic N) is 1. The molecule has 1 heterocycles. The van der Waals surface area contributed by atoms with Crippen molar-refractivity contribution >= 4 is 11.9 Å². The van der Waals surface area contributed by atoms with E-state index in [1.807, 2.05) is 44.2 Å². The van der Waals surface area contributed by atoms with Crippen LogP contribution < -0.4 is 5.32 Å². The van der Waals surface area contributed by atoms with E-state index >= 15 is 0 Å². The first-order valence-electron chi connectivity index (χ1n) is 7.87. The van der Waals surface area contributed by atoms with Gasteiger partial charge in [0.2, 0.25) is 5.91 Å². The summed E-state index contributed by atoms with van der Waals surface area (Å²) in [7, 11) is 0. The molecule has 0 saturated heterocycles. The molecule has 128 valence electrons. The Morgan fingerprint density at radius 3 is 2.46 bits per heavy atom. The number of aromatic nitrogens is 1. The summed E-state index contributed by atoms with van der Waals surface area (Å²) in [5.74, 6) is -0.752. The van der Waals surface area contributed by atoms with Gasteiger partial charge in [0.05, 0.1) is 5.69 Å². The van der Waals surface area contributed by atoms with E-state index in [-0.39, 0.29) is 24.7 Å². The van der Waals surface area contributed by atoms with Crippen LogP contribution in [0.2, 0.25) is 0 Å². The molecule has 6 heteroatoms. The number of aliphatic carboxylic acids is 1. The van der Waals surface area contributed by atoms with Crippen LogP contribution in [0.15, 0.2) is 34.9 Å². The highest BCUT2D eigenvalue weighted by atomic mass is 16.5. The topological polar surface area (TPSA) is 92.4 Å². The van der Waals surface area contributed by atoms with Crippen LogP contribution in [0.3, 0.4) is 0 Å². The highest BCUT2D eigenvalue weighted by Crippen LogP contribution is 2.25. The van der Waals surface area contributed by atoms with E-state index in [9.17, 15) is 14.7 Å². The Balaban J connectivity index is 1.99. The van der Waals surface area contributed by atoms with Gasteiger partial charge in [0.1, 0.15) is 11.8 Å². The third-order valence-corrected chi connectivity index (χ3v) is 3.99. The van der Waals surface area contributed by atoms with Crippen LogP contribution in [0.1, 0.15) is 41.8 Å². The van der Waals surface area contributed by atoms with Crippen molar-refractivity contribution < 1.29 is 19.2 Å². The van der Waals surface area contributed by atoms with Crippen LogP contribution in [0.25, 0.3) is 0 Å². The zero-order valence-electron chi connectivity index (χ0n) is 14.1. The van der Waals surface area contributed by atoms with Crippen molar-refractivity contribution in [1.29, 1.82) is 0 Å². The Bertz CT molecular complexity index is 690. The number of amides is 1. The zero-order chi connectivity index (χ0) is 17.7. The van der Waals surface area contributed by atoms with Gasteiger partial charge in [0.15, 0.2) is 0 Å². The Morgan fingerprint density at radius 2 is 1.92 bits per heavy atom. The number of hydrogen-bond donors (Lipinski definition) is 2. The summed E-state index contributed by atoms with van der Waals surface area (Å²) in [6.45, 7) is 5.54. The van der Waals surface area contributed by atoms with Gasteiger partial charge in [-0.1, -0.05) is 42.4 Å². The molecule has 0 fully saturated rings. The van der Waals surface area contributed by atoms with Crippen molar-refractivity contribution in [2.45, 2.75) is 45.6 Å². The van der Waals surface area contributed by atoms with Crippen molar-refractivity contribution in [1.82, 2.24) is 10.5 Å². The molecule has 1 amide bonds. The van der Waals surface area contributed by atoms with Crippen LogP contribution in [0, 0.1) is 13.8 Å². The SMILES string of the molecule is Cc1noc(C)c1C(C)CC(=O)N[C@H](Cc1ccccc1)C(=O)O. The lowest BCUT2D eigenvalue weighted by Gasteiger charge is -2.17. The molecule has 1 unspecified atom stereocenters. The van der Waals surface area contributed by atoms with E-state index in [0.717, 1.165) is 16.8 Å². The summed E-state index contributed by atoms with van der Waals surface area (Å²) in [6, 6.07) is 8.29. The lowest BCUT2D eigenvalue weighted by atomic mass is 9.95. The number of carbonyl (C=O) groups is 2. The lowest BCUT2D eigenvalue weighted by molar-refractivity contribution is -0.141. The predicted molar refractivity (Wildman–Crippen MR) is 88.7 cm³/mol. The maximum absolute atomic E-state index is 12.3. The van der Waals surface area contributed by atoms with Crippen molar-refractivity contribution in [3.05, 3.63) is 52.9 Å². The number of nitrogens with one attached hydrogen (secondary N) is 1. The average molecular weight is 330 g/mol. The van der Waals surface area contributed by atoms with Gasteiger partial charge >= 0.3 is 5.97 Å². The molecule has 0 saturated carbocycles. The minimum Gasteiger partial charge on any atom is -0.480 e. The average Bonchev–Trinajstić information content (AvgIpc) is 2.86. The standard InChI is InChI=1S/C18H22N2O4/c1-11(17-12(2)20-24-13(17)3)9-16(21)19-15(18(22)23)10-14-7-5-4-6-8-14/h4-8,11,15H,9-10H2,1-3H3,(H,19,21)(H,22,23)/t11?,15-/m1/s1. The number of aryl methyl sites for hydroxylation is 2. The molecule has 0 aliphatic heterocycles. The minimum atomic E-state index is -1.04. The molecular formula is C18H22N2O4. The van der Waals surface area contributed by atoms with E-state index in [1.165, 1.54) is 0 Å². The van der Waals surface area contributed by atoms with Gasteiger partial charge in [0.25, 0.3) is 0 Å². The first-order chi connectivity index (χ1) is 11.4. The fourth-order valence-corrected chi connectivity index (χ4v) is 2.88. The summed E-state index contributed by atoms with van der Waals surface area (Å²) in [5, 5.41) is 15.8. The normalized spacial score (nSPS) is 13.3. The highest BCUT2D eigenvalue weighted by molar-refractivity contribution is 5.84.